The number of aromatic amines is 1. The fraction of sp³-hybridized carbons (Fsp3) is 0.0417. The zero-order chi connectivity index (χ0) is 23.2. The molecule has 0 radical (unpaired) electrons. The van der Waals surface area contributed by atoms with Gasteiger partial charge in [-0.1, -0.05) is 65.1 Å². The van der Waals surface area contributed by atoms with Crippen LogP contribution in [0.1, 0.15) is 21.6 Å². The number of amides is 1. The van der Waals surface area contributed by atoms with E-state index in [0.29, 0.717) is 38.7 Å². The van der Waals surface area contributed by atoms with E-state index >= 15 is 0 Å². The Morgan fingerprint density at radius 1 is 1.00 bits per heavy atom. The Morgan fingerprint density at radius 3 is 2.55 bits per heavy atom. The predicted octanol–water partition coefficient (Wildman–Crippen LogP) is 6.38. The van der Waals surface area contributed by atoms with Gasteiger partial charge in [-0.15, -0.1) is 0 Å². The molecule has 0 aliphatic heterocycles. The number of ether oxygens (including phenoxy) is 1. The number of carbonyl (C=O) groups is 1. The third kappa shape index (κ3) is 5.93. The van der Waals surface area contributed by atoms with Crippen molar-refractivity contribution in [3.63, 3.8) is 0 Å². The molecule has 166 valence electrons. The Hall–Kier alpha value is -3.32. The van der Waals surface area contributed by atoms with Crippen LogP contribution in [0.15, 0.2) is 77.9 Å². The molecule has 0 bridgehead atoms. The predicted molar refractivity (Wildman–Crippen MR) is 131 cm³/mol. The lowest BCUT2D eigenvalue weighted by atomic mass is 10.1. The highest BCUT2D eigenvalue weighted by molar-refractivity contribution is 6.36. The second-order valence-electron chi connectivity index (χ2n) is 6.94. The van der Waals surface area contributed by atoms with Crippen molar-refractivity contribution < 1.29 is 9.53 Å². The average molecular weight is 500 g/mol. The fourth-order valence-corrected chi connectivity index (χ4v) is 3.53. The maximum Gasteiger partial charge on any atom is 0.289 e. The molecule has 0 saturated carbocycles. The summed E-state index contributed by atoms with van der Waals surface area (Å²) in [7, 11) is 0. The number of rotatable bonds is 7. The maximum atomic E-state index is 12.4. The van der Waals surface area contributed by atoms with Crippen molar-refractivity contribution in [2.24, 2.45) is 5.10 Å². The van der Waals surface area contributed by atoms with Gasteiger partial charge in [-0.2, -0.15) is 10.2 Å². The van der Waals surface area contributed by atoms with Gasteiger partial charge in [-0.3, -0.25) is 9.89 Å². The van der Waals surface area contributed by atoms with Gasteiger partial charge < -0.3 is 4.74 Å². The minimum Gasteiger partial charge on any atom is -0.488 e. The van der Waals surface area contributed by atoms with Gasteiger partial charge in [0.25, 0.3) is 5.91 Å². The third-order valence-corrected chi connectivity index (χ3v) is 5.44. The summed E-state index contributed by atoms with van der Waals surface area (Å²) in [4.78, 5) is 12.4. The molecular formula is C24H17Cl3N4O2. The lowest BCUT2D eigenvalue weighted by Crippen LogP contribution is -2.18. The van der Waals surface area contributed by atoms with Crippen molar-refractivity contribution in [3.05, 3.63) is 105 Å². The van der Waals surface area contributed by atoms with Crippen LogP contribution in [0, 0.1) is 0 Å². The Labute approximate surface area is 205 Å². The van der Waals surface area contributed by atoms with Crippen LogP contribution >= 0.6 is 34.8 Å². The van der Waals surface area contributed by atoms with E-state index in [1.165, 1.54) is 6.21 Å². The quantitative estimate of drug-likeness (QED) is 0.229. The first-order valence-electron chi connectivity index (χ1n) is 9.80. The summed E-state index contributed by atoms with van der Waals surface area (Å²) in [6.07, 6.45) is 1.44. The molecule has 0 aliphatic rings. The summed E-state index contributed by atoms with van der Waals surface area (Å²) in [6.45, 7) is 0.369. The molecule has 1 aromatic heterocycles. The highest BCUT2D eigenvalue weighted by atomic mass is 35.5. The number of hydrazone groups is 1. The largest absolute Gasteiger partial charge is 0.488 e. The lowest BCUT2D eigenvalue weighted by Gasteiger charge is -2.10. The molecule has 1 amide bonds. The fourth-order valence-electron chi connectivity index (χ4n) is 2.95. The van der Waals surface area contributed by atoms with Gasteiger partial charge in [0.2, 0.25) is 0 Å². The van der Waals surface area contributed by atoms with E-state index in [4.69, 9.17) is 39.5 Å². The van der Waals surface area contributed by atoms with Crippen LogP contribution < -0.4 is 10.2 Å². The van der Waals surface area contributed by atoms with Crippen molar-refractivity contribution in [1.29, 1.82) is 0 Å². The van der Waals surface area contributed by atoms with Gasteiger partial charge >= 0.3 is 0 Å². The van der Waals surface area contributed by atoms with Gasteiger partial charge in [-0.25, -0.2) is 5.43 Å². The smallest absolute Gasteiger partial charge is 0.289 e. The van der Waals surface area contributed by atoms with Crippen molar-refractivity contribution in [3.8, 4) is 17.0 Å². The number of benzene rings is 3. The summed E-state index contributed by atoms with van der Waals surface area (Å²) in [5.74, 6) is 0.191. The summed E-state index contributed by atoms with van der Waals surface area (Å²) in [6, 6.07) is 21.5. The van der Waals surface area contributed by atoms with Crippen molar-refractivity contribution >= 4 is 46.9 Å². The van der Waals surface area contributed by atoms with Gasteiger partial charge in [0, 0.05) is 21.2 Å². The molecule has 2 N–H and O–H groups in total. The minimum atomic E-state index is -0.449. The Kier molecular flexibility index (Phi) is 7.29. The van der Waals surface area contributed by atoms with E-state index in [9.17, 15) is 4.79 Å². The molecule has 4 aromatic rings. The molecular weight excluding hydrogens is 483 g/mol. The summed E-state index contributed by atoms with van der Waals surface area (Å²) >= 11 is 17.9. The van der Waals surface area contributed by atoms with Gasteiger partial charge in [0.1, 0.15) is 18.1 Å². The van der Waals surface area contributed by atoms with Crippen molar-refractivity contribution in [2.45, 2.75) is 6.61 Å². The first-order valence-corrected chi connectivity index (χ1v) is 10.9. The number of halogens is 3. The monoisotopic (exact) mass is 498 g/mol. The average Bonchev–Trinajstić information content (AvgIpc) is 3.30. The Balaban J connectivity index is 1.44. The first-order chi connectivity index (χ1) is 16.0. The second kappa shape index (κ2) is 10.5. The molecule has 0 fully saturated rings. The highest BCUT2D eigenvalue weighted by Gasteiger charge is 2.14. The van der Waals surface area contributed by atoms with E-state index < -0.39 is 5.91 Å². The van der Waals surface area contributed by atoms with Crippen LogP contribution in [0.2, 0.25) is 15.1 Å². The van der Waals surface area contributed by atoms with Crippen molar-refractivity contribution in [1.82, 2.24) is 15.6 Å². The first kappa shape index (κ1) is 22.9. The number of hydrogen-bond acceptors (Lipinski definition) is 4. The number of carbonyl (C=O) groups excluding carboxylic acids is 1. The zero-order valence-electron chi connectivity index (χ0n) is 17.1. The van der Waals surface area contributed by atoms with Crippen LogP contribution in [-0.2, 0) is 6.61 Å². The lowest BCUT2D eigenvalue weighted by molar-refractivity contribution is 0.0950. The van der Waals surface area contributed by atoms with Crippen LogP contribution in [0.3, 0.4) is 0 Å². The van der Waals surface area contributed by atoms with Crippen LogP contribution in [0.4, 0.5) is 0 Å². The van der Waals surface area contributed by atoms with Crippen LogP contribution in [0.5, 0.6) is 5.75 Å². The SMILES string of the molecule is O=C(NN=Cc1ccc(Cl)cc1Cl)c1cc(-c2ccccc2OCc2ccc(Cl)cc2)n[nH]1. The summed E-state index contributed by atoms with van der Waals surface area (Å²) in [5.41, 5.74) is 5.61. The standard InChI is InChI=1S/C24H17Cl3N4O2/c25-17-8-5-15(6-9-17)14-33-23-4-2-1-3-19(23)21-12-22(30-29-21)24(32)31-28-13-16-7-10-18(26)11-20(16)27/h1-13H,14H2,(H,29,30)(H,31,32). The molecule has 0 spiro atoms. The van der Waals surface area contributed by atoms with Crippen LogP contribution in [0.25, 0.3) is 11.3 Å². The Morgan fingerprint density at radius 2 is 1.76 bits per heavy atom. The molecule has 4 rings (SSSR count). The summed E-state index contributed by atoms with van der Waals surface area (Å²) < 4.78 is 5.98. The van der Waals surface area contributed by atoms with Gasteiger partial charge in [0.15, 0.2) is 0 Å². The molecule has 0 atom stereocenters. The number of hydrogen-bond donors (Lipinski definition) is 2. The zero-order valence-corrected chi connectivity index (χ0v) is 19.3. The van der Waals surface area contributed by atoms with E-state index in [-0.39, 0.29) is 5.69 Å². The minimum absolute atomic E-state index is 0.247. The number of nitrogens with zero attached hydrogens (tertiary/aromatic N) is 2. The molecule has 6 nitrogen and oxygen atoms in total. The molecule has 0 saturated heterocycles. The van der Waals surface area contributed by atoms with E-state index in [1.54, 1.807) is 24.3 Å². The Bertz CT molecular complexity index is 1300. The third-order valence-electron chi connectivity index (χ3n) is 4.63. The van der Waals surface area contributed by atoms with Crippen molar-refractivity contribution in [2.75, 3.05) is 0 Å². The molecule has 33 heavy (non-hydrogen) atoms. The number of para-hydroxylation sites is 1. The van der Waals surface area contributed by atoms with Gasteiger partial charge in [0.05, 0.1) is 16.9 Å². The van der Waals surface area contributed by atoms with E-state index in [1.807, 2.05) is 48.5 Å². The molecule has 0 unspecified atom stereocenters. The normalized spacial score (nSPS) is 11.0. The van der Waals surface area contributed by atoms with E-state index in [2.05, 4.69) is 20.7 Å². The number of nitrogens with one attached hydrogen (secondary N) is 2. The number of H-pyrrole nitrogens is 1. The molecule has 0 aliphatic carbocycles. The van der Waals surface area contributed by atoms with Gasteiger partial charge in [-0.05, 0) is 48.0 Å². The molecule has 3 aromatic carbocycles. The number of aromatic nitrogens is 2. The van der Waals surface area contributed by atoms with Crippen LogP contribution in [-0.4, -0.2) is 22.3 Å². The maximum absolute atomic E-state index is 12.4. The molecule has 9 heteroatoms. The van der Waals surface area contributed by atoms with E-state index in [0.717, 1.165) is 11.1 Å². The highest BCUT2D eigenvalue weighted by Crippen LogP contribution is 2.29. The summed E-state index contributed by atoms with van der Waals surface area (Å²) in [5, 5.41) is 12.5. The molecule has 1 heterocycles. The topological polar surface area (TPSA) is 79.4 Å². The second-order valence-corrected chi connectivity index (χ2v) is 8.22.